The Kier molecular flexibility index (Phi) is 4.69. The van der Waals surface area contributed by atoms with Gasteiger partial charge < -0.3 is 5.11 Å². The van der Waals surface area contributed by atoms with Crippen molar-refractivity contribution in [2.24, 2.45) is 7.05 Å². The third-order valence-corrected chi connectivity index (χ3v) is 6.96. The number of rotatable bonds is 2. The molecule has 10 heteroatoms. The molecule has 4 rings (SSSR count). The van der Waals surface area contributed by atoms with E-state index in [4.69, 9.17) is 34.8 Å². The highest BCUT2D eigenvalue weighted by Crippen LogP contribution is 2.39. The van der Waals surface area contributed by atoms with Crippen molar-refractivity contribution < 1.29 is 9.67 Å². The zero-order chi connectivity index (χ0) is 18.6. The minimum atomic E-state index is -0.380. The van der Waals surface area contributed by atoms with E-state index < -0.39 is 0 Å². The van der Waals surface area contributed by atoms with Crippen LogP contribution in [0.15, 0.2) is 34.3 Å². The Balaban J connectivity index is 1.98. The highest BCUT2D eigenvalue weighted by molar-refractivity contribution is 7.99. The molecule has 0 saturated heterocycles. The van der Waals surface area contributed by atoms with Gasteiger partial charge >= 0.3 is 10.7 Å². The molecular formula is C16H10Cl3N3O2S2. The summed E-state index contributed by atoms with van der Waals surface area (Å²) >= 11 is 20.9. The lowest BCUT2D eigenvalue weighted by Crippen LogP contribution is -2.43. The molecule has 0 fully saturated rings. The first-order valence-electron chi connectivity index (χ1n) is 7.43. The average Bonchev–Trinajstić information content (AvgIpc) is 3.18. The highest BCUT2D eigenvalue weighted by atomic mass is 35.5. The van der Waals surface area contributed by atoms with E-state index in [2.05, 4.69) is 4.98 Å². The molecule has 0 saturated carbocycles. The molecule has 0 N–H and O–H groups in total. The summed E-state index contributed by atoms with van der Waals surface area (Å²) in [5.74, 6) is 0.246. The van der Waals surface area contributed by atoms with Crippen LogP contribution in [0.25, 0.3) is 11.1 Å². The van der Waals surface area contributed by atoms with Gasteiger partial charge in [-0.15, -0.1) is 11.3 Å². The molecule has 5 nitrogen and oxygen atoms in total. The molecule has 3 aromatic rings. The van der Waals surface area contributed by atoms with Crippen molar-refractivity contribution in [2.45, 2.75) is 11.2 Å². The van der Waals surface area contributed by atoms with Crippen LogP contribution in [0.4, 0.5) is 0 Å². The van der Waals surface area contributed by atoms with Crippen LogP contribution >= 0.6 is 57.9 Å². The van der Waals surface area contributed by atoms with E-state index in [0.717, 1.165) is 4.88 Å². The molecule has 1 aliphatic heterocycles. The maximum Gasteiger partial charge on any atom is 0.345 e. The minimum Gasteiger partial charge on any atom is -0.842 e. The number of thioether (sulfide) groups is 1. The maximum atomic E-state index is 13.2. The van der Waals surface area contributed by atoms with E-state index in [9.17, 15) is 9.90 Å². The quantitative estimate of drug-likeness (QED) is 0.446. The Bertz CT molecular complexity index is 1080. The number of hydrogen-bond acceptors (Lipinski definition) is 5. The fourth-order valence-corrected chi connectivity index (χ4v) is 5.90. The molecule has 1 aromatic carbocycles. The topological polar surface area (TPSA) is 61.8 Å². The van der Waals surface area contributed by atoms with Gasteiger partial charge in [-0.05, 0) is 35.5 Å². The standard InChI is InChI=1S/C16H10Cl3N3O2S2/c1-21-13(23)12(7-2-8(17)4-9(18)3-7)14(24)22-10(6-25-16(21)22)11-5-20-15(19)26-11/h2-5,10H,6H2,1H3/t10-/m0/s1. The number of thiazole rings is 1. The second-order valence-electron chi connectivity index (χ2n) is 5.70. The summed E-state index contributed by atoms with van der Waals surface area (Å²) in [6.45, 7) is 0. The van der Waals surface area contributed by atoms with Crippen LogP contribution in [0, 0.1) is 0 Å². The van der Waals surface area contributed by atoms with Gasteiger partial charge in [-0.1, -0.05) is 34.8 Å². The van der Waals surface area contributed by atoms with Gasteiger partial charge in [0.2, 0.25) is 0 Å². The summed E-state index contributed by atoms with van der Waals surface area (Å²) < 4.78 is 3.52. The first kappa shape index (κ1) is 18.1. The van der Waals surface area contributed by atoms with Crippen molar-refractivity contribution in [3.05, 3.63) is 54.1 Å². The second kappa shape index (κ2) is 6.73. The first-order chi connectivity index (χ1) is 12.4. The molecule has 26 heavy (non-hydrogen) atoms. The van der Waals surface area contributed by atoms with Crippen molar-refractivity contribution >= 4 is 57.9 Å². The summed E-state index contributed by atoms with van der Waals surface area (Å²) in [5, 5.41) is 14.2. The third-order valence-electron chi connectivity index (χ3n) is 4.10. The van der Waals surface area contributed by atoms with Crippen molar-refractivity contribution in [3.63, 3.8) is 0 Å². The van der Waals surface area contributed by atoms with Gasteiger partial charge in [0.25, 0.3) is 0 Å². The van der Waals surface area contributed by atoms with Gasteiger partial charge in [0.1, 0.15) is 5.56 Å². The lowest BCUT2D eigenvalue weighted by Gasteiger charge is -2.16. The Morgan fingerprint density at radius 3 is 2.58 bits per heavy atom. The lowest BCUT2D eigenvalue weighted by atomic mass is 10.1. The van der Waals surface area contributed by atoms with Gasteiger partial charge in [-0.25, -0.2) is 14.3 Å². The van der Waals surface area contributed by atoms with Gasteiger partial charge in [-0.3, -0.25) is 0 Å². The largest absolute Gasteiger partial charge is 0.842 e. The molecule has 0 radical (unpaired) electrons. The minimum absolute atomic E-state index is 0.0452. The summed E-state index contributed by atoms with van der Waals surface area (Å²) in [4.78, 5) is 18.2. The average molecular weight is 447 g/mol. The number of aromatic nitrogens is 3. The molecule has 0 unspecified atom stereocenters. The zero-order valence-corrected chi connectivity index (χ0v) is 17.1. The van der Waals surface area contributed by atoms with Crippen LogP contribution in [0.5, 0.6) is 5.88 Å². The van der Waals surface area contributed by atoms with Gasteiger partial charge in [0.15, 0.2) is 10.5 Å². The van der Waals surface area contributed by atoms with E-state index in [1.54, 1.807) is 36.0 Å². The van der Waals surface area contributed by atoms with Gasteiger partial charge in [0, 0.05) is 16.2 Å². The van der Waals surface area contributed by atoms with E-state index in [1.165, 1.54) is 27.7 Å². The number of hydrogen-bond donors (Lipinski definition) is 0. The van der Waals surface area contributed by atoms with Crippen LogP contribution in [0.3, 0.4) is 0 Å². The van der Waals surface area contributed by atoms with Crippen molar-refractivity contribution in [2.75, 3.05) is 5.75 Å². The second-order valence-corrected chi connectivity index (χ2v) is 9.20. The molecule has 1 atom stereocenters. The molecule has 0 bridgehead atoms. The maximum absolute atomic E-state index is 13.2. The molecule has 0 aliphatic carbocycles. The number of fused-ring (bicyclic) bond motifs is 1. The van der Waals surface area contributed by atoms with E-state index in [-0.39, 0.29) is 23.0 Å². The molecule has 2 aromatic heterocycles. The number of benzene rings is 1. The predicted octanol–water partition coefficient (Wildman–Crippen LogP) is 3.53. The molecule has 0 spiro atoms. The fourth-order valence-electron chi connectivity index (χ4n) is 2.96. The van der Waals surface area contributed by atoms with Crippen molar-refractivity contribution in [3.8, 4) is 17.0 Å². The third kappa shape index (κ3) is 2.92. The van der Waals surface area contributed by atoms with E-state index >= 15 is 0 Å². The Labute approximate surface area is 171 Å². The number of nitrogens with zero attached hydrogens (tertiary/aromatic N) is 3. The zero-order valence-electron chi connectivity index (χ0n) is 13.2. The highest BCUT2D eigenvalue weighted by Gasteiger charge is 2.38. The summed E-state index contributed by atoms with van der Waals surface area (Å²) in [7, 11) is 1.65. The van der Waals surface area contributed by atoms with Crippen LogP contribution in [0.1, 0.15) is 10.9 Å². The lowest BCUT2D eigenvalue weighted by molar-refractivity contribution is -0.751. The van der Waals surface area contributed by atoms with Crippen LogP contribution in [-0.2, 0) is 7.05 Å². The predicted molar refractivity (Wildman–Crippen MR) is 103 cm³/mol. The molecule has 1 aliphatic rings. The van der Waals surface area contributed by atoms with Crippen LogP contribution in [0.2, 0.25) is 14.5 Å². The van der Waals surface area contributed by atoms with E-state index in [0.29, 0.717) is 31.0 Å². The normalized spacial score (nSPS) is 16.1. The summed E-state index contributed by atoms with van der Waals surface area (Å²) in [5.41, 5.74) is 0.0751. The van der Waals surface area contributed by atoms with Crippen LogP contribution in [-0.4, -0.2) is 15.3 Å². The van der Waals surface area contributed by atoms with Gasteiger partial charge in [-0.2, -0.15) is 4.57 Å². The summed E-state index contributed by atoms with van der Waals surface area (Å²) in [6, 6.07) is 4.46. The monoisotopic (exact) mass is 445 g/mol. The van der Waals surface area contributed by atoms with E-state index in [1.807, 2.05) is 0 Å². The first-order valence-corrected chi connectivity index (χ1v) is 10.4. The van der Waals surface area contributed by atoms with Crippen LogP contribution < -0.4 is 15.2 Å². The van der Waals surface area contributed by atoms with Crippen molar-refractivity contribution in [1.29, 1.82) is 0 Å². The Morgan fingerprint density at radius 2 is 1.96 bits per heavy atom. The molecular weight excluding hydrogens is 437 g/mol. The smallest absolute Gasteiger partial charge is 0.345 e. The summed E-state index contributed by atoms with van der Waals surface area (Å²) in [6.07, 6.45) is 1.67. The van der Waals surface area contributed by atoms with Gasteiger partial charge in [0.05, 0.1) is 23.6 Å². The fraction of sp³-hybridized carbons (Fsp3) is 0.188. The molecule has 134 valence electrons. The molecule has 0 amide bonds. The molecule has 3 heterocycles. The SMILES string of the molecule is C[n+]1c([O-])c(-c2cc(Cl)cc(Cl)c2)c(=O)n2c1SC[C@H]2c1cnc(Cl)s1. The number of halogens is 3. The Morgan fingerprint density at radius 1 is 1.27 bits per heavy atom. The Hall–Kier alpha value is -1.25. The van der Waals surface area contributed by atoms with Crippen molar-refractivity contribution in [1.82, 2.24) is 9.55 Å².